The molecule has 0 atom stereocenters. The van der Waals surface area contributed by atoms with Crippen molar-refractivity contribution in [1.82, 2.24) is 5.32 Å². The fourth-order valence-electron chi connectivity index (χ4n) is 5.57. The predicted octanol–water partition coefficient (Wildman–Crippen LogP) is 2.80. The van der Waals surface area contributed by atoms with Crippen LogP contribution in [-0.2, 0) is 9.53 Å². The first-order chi connectivity index (χ1) is 13.1. The summed E-state index contributed by atoms with van der Waals surface area (Å²) >= 11 is 0. The Hall–Kier alpha value is -2.24. The number of esters is 1. The van der Waals surface area contributed by atoms with E-state index in [-0.39, 0.29) is 24.1 Å². The van der Waals surface area contributed by atoms with E-state index in [4.69, 9.17) is 14.2 Å². The number of amides is 1. The highest BCUT2D eigenvalue weighted by Gasteiger charge is 2.48. The first kappa shape index (κ1) is 18.1. The van der Waals surface area contributed by atoms with Gasteiger partial charge in [-0.1, -0.05) is 0 Å². The molecule has 146 valence electrons. The molecule has 0 spiro atoms. The molecule has 0 radical (unpaired) electrons. The van der Waals surface area contributed by atoms with Gasteiger partial charge in [-0.25, -0.2) is 4.79 Å². The molecule has 1 N–H and O–H groups in total. The minimum absolute atomic E-state index is 0.220. The lowest BCUT2D eigenvalue weighted by molar-refractivity contribution is -0.128. The van der Waals surface area contributed by atoms with Gasteiger partial charge in [0.2, 0.25) is 0 Å². The maximum absolute atomic E-state index is 12.4. The monoisotopic (exact) mass is 373 g/mol. The fourth-order valence-corrected chi connectivity index (χ4v) is 5.57. The summed E-state index contributed by atoms with van der Waals surface area (Å²) in [4.78, 5) is 24.8. The van der Waals surface area contributed by atoms with Gasteiger partial charge < -0.3 is 19.5 Å². The van der Waals surface area contributed by atoms with Gasteiger partial charge in [-0.2, -0.15) is 0 Å². The molecule has 5 rings (SSSR count). The summed E-state index contributed by atoms with van der Waals surface area (Å²) in [5, 5.41) is 3.15. The Morgan fingerprint density at radius 2 is 1.67 bits per heavy atom. The van der Waals surface area contributed by atoms with E-state index in [1.807, 2.05) is 0 Å². The van der Waals surface area contributed by atoms with Gasteiger partial charge in [0.25, 0.3) is 5.91 Å². The maximum Gasteiger partial charge on any atom is 0.342 e. The van der Waals surface area contributed by atoms with Crippen LogP contribution in [0, 0.1) is 23.7 Å². The molecule has 4 saturated carbocycles. The van der Waals surface area contributed by atoms with E-state index in [1.54, 1.807) is 18.2 Å². The lowest BCUT2D eigenvalue weighted by Gasteiger charge is -2.54. The second kappa shape index (κ2) is 7.41. The van der Waals surface area contributed by atoms with Crippen molar-refractivity contribution < 1.29 is 23.8 Å². The molecule has 4 fully saturated rings. The number of hydrogen-bond acceptors (Lipinski definition) is 5. The number of rotatable bonds is 6. The van der Waals surface area contributed by atoms with Gasteiger partial charge in [0.05, 0.1) is 14.2 Å². The van der Waals surface area contributed by atoms with Crippen molar-refractivity contribution in [1.29, 1.82) is 0 Å². The maximum atomic E-state index is 12.4. The zero-order chi connectivity index (χ0) is 19.0. The van der Waals surface area contributed by atoms with Crippen molar-refractivity contribution in [3.63, 3.8) is 0 Å². The van der Waals surface area contributed by atoms with Gasteiger partial charge in [0, 0.05) is 6.04 Å². The Balaban J connectivity index is 1.34. The minimum atomic E-state index is -0.592. The summed E-state index contributed by atoms with van der Waals surface area (Å²) in [5.41, 5.74) is 0.249. The Morgan fingerprint density at radius 3 is 2.26 bits per heavy atom. The van der Waals surface area contributed by atoms with Crippen LogP contribution in [0.4, 0.5) is 0 Å². The Morgan fingerprint density at radius 1 is 1.00 bits per heavy atom. The lowest BCUT2D eigenvalue weighted by Crippen LogP contribution is -2.56. The summed E-state index contributed by atoms with van der Waals surface area (Å²) in [6.07, 6.45) is 6.32. The van der Waals surface area contributed by atoms with Crippen LogP contribution >= 0.6 is 0 Å². The molecule has 0 heterocycles. The molecule has 0 aliphatic heterocycles. The average Bonchev–Trinajstić information content (AvgIpc) is 2.67. The molecule has 4 aliphatic carbocycles. The van der Waals surface area contributed by atoms with Crippen LogP contribution in [0.25, 0.3) is 0 Å². The van der Waals surface area contributed by atoms with Crippen molar-refractivity contribution in [2.45, 2.75) is 38.1 Å². The third-order valence-corrected chi connectivity index (χ3v) is 6.52. The van der Waals surface area contributed by atoms with Crippen molar-refractivity contribution in [3.05, 3.63) is 23.8 Å². The van der Waals surface area contributed by atoms with E-state index in [1.165, 1.54) is 46.3 Å². The van der Waals surface area contributed by atoms with Gasteiger partial charge in [0.1, 0.15) is 17.1 Å². The van der Waals surface area contributed by atoms with E-state index in [2.05, 4.69) is 5.32 Å². The smallest absolute Gasteiger partial charge is 0.342 e. The van der Waals surface area contributed by atoms with E-state index in [0.29, 0.717) is 23.3 Å². The molecule has 6 heteroatoms. The Kier molecular flexibility index (Phi) is 4.98. The molecule has 1 aromatic rings. The second-order valence-electron chi connectivity index (χ2n) is 8.17. The van der Waals surface area contributed by atoms with Crippen LogP contribution in [0.2, 0.25) is 0 Å². The van der Waals surface area contributed by atoms with E-state index >= 15 is 0 Å². The summed E-state index contributed by atoms with van der Waals surface area (Å²) in [6, 6.07) is 5.14. The minimum Gasteiger partial charge on any atom is -0.497 e. The van der Waals surface area contributed by atoms with Gasteiger partial charge in [0.15, 0.2) is 6.61 Å². The van der Waals surface area contributed by atoms with Crippen molar-refractivity contribution >= 4 is 11.9 Å². The highest BCUT2D eigenvalue weighted by Crippen LogP contribution is 2.53. The van der Waals surface area contributed by atoms with Gasteiger partial charge in [-0.3, -0.25) is 4.79 Å². The van der Waals surface area contributed by atoms with Crippen LogP contribution in [0.1, 0.15) is 42.5 Å². The zero-order valence-electron chi connectivity index (χ0n) is 15.9. The van der Waals surface area contributed by atoms with Crippen LogP contribution in [0.5, 0.6) is 11.5 Å². The van der Waals surface area contributed by atoms with Gasteiger partial charge in [-0.15, -0.1) is 0 Å². The van der Waals surface area contributed by atoms with Gasteiger partial charge in [-0.05, 0) is 74.0 Å². The van der Waals surface area contributed by atoms with Crippen molar-refractivity contribution in [2.24, 2.45) is 23.7 Å². The number of carbonyl (C=O) groups excluding carboxylic acids is 2. The topological polar surface area (TPSA) is 73.9 Å². The van der Waals surface area contributed by atoms with E-state index in [9.17, 15) is 9.59 Å². The molecule has 0 unspecified atom stereocenters. The SMILES string of the molecule is COc1ccc(OC)c(C(=O)OCC(=O)NC2C3CC4CC(C3)CC2C4)c1. The summed E-state index contributed by atoms with van der Waals surface area (Å²) in [5.74, 6) is 3.02. The van der Waals surface area contributed by atoms with Crippen molar-refractivity contribution in [2.75, 3.05) is 20.8 Å². The third-order valence-electron chi connectivity index (χ3n) is 6.52. The molecule has 1 aromatic carbocycles. The number of carbonyl (C=O) groups is 2. The molecular weight excluding hydrogens is 346 g/mol. The molecular formula is C21H27NO5. The number of methoxy groups -OCH3 is 2. The first-order valence-corrected chi connectivity index (χ1v) is 9.76. The molecule has 1 amide bonds. The third kappa shape index (κ3) is 3.62. The standard InChI is InChI=1S/C21H27NO5/c1-25-16-3-4-18(26-2)17(10-16)21(24)27-11-19(23)22-20-14-6-12-5-13(8-14)9-15(20)7-12/h3-4,10,12-15,20H,5-9,11H2,1-2H3,(H,22,23). The predicted molar refractivity (Wildman–Crippen MR) is 98.8 cm³/mol. The summed E-state index contributed by atoms with van der Waals surface area (Å²) < 4.78 is 15.6. The molecule has 6 nitrogen and oxygen atoms in total. The van der Waals surface area contributed by atoms with Crippen LogP contribution in [0.15, 0.2) is 18.2 Å². The van der Waals surface area contributed by atoms with Gasteiger partial charge >= 0.3 is 5.97 Å². The molecule has 0 saturated heterocycles. The van der Waals surface area contributed by atoms with Crippen LogP contribution < -0.4 is 14.8 Å². The average molecular weight is 373 g/mol. The second-order valence-corrected chi connectivity index (χ2v) is 8.17. The molecule has 0 aromatic heterocycles. The number of hydrogen-bond donors (Lipinski definition) is 1. The number of nitrogens with one attached hydrogen (secondary N) is 1. The molecule has 4 bridgehead atoms. The lowest BCUT2D eigenvalue weighted by atomic mass is 9.54. The fraction of sp³-hybridized carbons (Fsp3) is 0.619. The van der Waals surface area contributed by atoms with Crippen molar-refractivity contribution in [3.8, 4) is 11.5 Å². The largest absolute Gasteiger partial charge is 0.497 e. The Labute approximate surface area is 159 Å². The summed E-state index contributed by atoms with van der Waals surface area (Å²) in [7, 11) is 3.01. The van der Waals surface area contributed by atoms with Crippen LogP contribution in [-0.4, -0.2) is 38.7 Å². The number of ether oxygens (including phenoxy) is 3. The highest BCUT2D eigenvalue weighted by atomic mass is 16.5. The first-order valence-electron chi connectivity index (χ1n) is 9.76. The summed E-state index contributed by atoms with van der Waals surface area (Å²) in [6.45, 7) is -0.276. The zero-order valence-corrected chi connectivity index (χ0v) is 15.9. The molecule has 27 heavy (non-hydrogen) atoms. The van der Waals surface area contributed by atoms with E-state index in [0.717, 1.165) is 11.8 Å². The Bertz CT molecular complexity index is 703. The number of benzene rings is 1. The normalized spacial score (nSPS) is 30.7. The molecule has 4 aliphatic rings. The highest BCUT2D eigenvalue weighted by molar-refractivity contribution is 5.94. The van der Waals surface area contributed by atoms with Crippen LogP contribution in [0.3, 0.4) is 0 Å². The quantitative estimate of drug-likeness (QED) is 0.776. The van der Waals surface area contributed by atoms with E-state index < -0.39 is 5.97 Å².